The maximum absolute atomic E-state index is 12.6. The number of rotatable bonds is 6. The molecule has 3 rings (SSSR count). The molecule has 31 heavy (non-hydrogen) atoms. The van der Waals surface area contributed by atoms with E-state index in [-0.39, 0.29) is 23.8 Å². The van der Waals surface area contributed by atoms with Crippen LogP contribution in [0.2, 0.25) is 0 Å². The van der Waals surface area contributed by atoms with Crippen LogP contribution in [0.4, 0.5) is 16.3 Å². The smallest absolute Gasteiger partial charge is 0.324 e. The fourth-order valence-electron chi connectivity index (χ4n) is 3.01. The van der Waals surface area contributed by atoms with Crippen molar-refractivity contribution in [3.8, 4) is 5.69 Å². The van der Waals surface area contributed by atoms with Crippen LogP contribution < -0.4 is 10.6 Å². The van der Waals surface area contributed by atoms with E-state index in [1.807, 2.05) is 60.7 Å². The number of para-hydroxylation sites is 1. The first-order chi connectivity index (χ1) is 14.8. The van der Waals surface area contributed by atoms with Gasteiger partial charge in [0.05, 0.1) is 24.4 Å². The highest BCUT2D eigenvalue weighted by Gasteiger charge is 2.22. The summed E-state index contributed by atoms with van der Waals surface area (Å²) < 4.78 is 6.73. The Bertz CT molecular complexity index is 1050. The SMILES string of the molecule is CCOC(=O)Cc1cccc(-n2nc(C(C)(C)C)cc2NC(=O)Nc2ccccc2)c1. The van der Waals surface area contributed by atoms with Crippen molar-refractivity contribution in [2.24, 2.45) is 0 Å². The van der Waals surface area contributed by atoms with E-state index in [1.165, 1.54) is 0 Å². The quantitative estimate of drug-likeness (QED) is 0.554. The molecule has 3 aromatic rings. The van der Waals surface area contributed by atoms with E-state index in [9.17, 15) is 9.59 Å². The van der Waals surface area contributed by atoms with Gasteiger partial charge in [0.25, 0.3) is 0 Å². The molecule has 7 heteroatoms. The summed E-state index contributed by atoms with van der Waals surface area (Å²) in [5.41, 5.74) is 2.87. The maximum Gasteiger partial charge on any atom is 0.324 e. The van der Waals surface area contributed by atoms with Crippen LogP contribution in [0, 0.1) is 0 Å². The molecule has 2 amide bonds. The van der Waals surface area contributed by atoms with Gasteiger partial charge >= 0.3 is 12.0 Å². The molecule has 0 saturated heterocycles. The molecule has 0 bridgehead atoms. The van der Waals surface area contributed by atoms with Crippen LogP contribution in [-0.4, -0.2) is 28.4 Å². The van der Waals surface area contributed by atoms with E-state index in [2.05, 4.69) is 31.4 Å². The second kappa shape index (κ2) is 9.47. The average molecular weight is 421 g/mol. The zero-order chi connectivity index (χ0) is 22.4. The molecular weight excluding hydrogens is 392 g/mol. The van der Waals surface area contributed by atoms with Crippen molar-refractivity contribution in [2.45, 2.75) is 39.5 Å². The summed E-state index contributed by atoms with van der Waals surface area (Å²) in [6.07, 6.45) is 0.173. The molecule has 1 heterocycles. The monoisotopic (exact) mass is 420 g/mol. The predicted octanol–water partition coefficient (Wildman–Crippen LogP) is 4.92. The number of carbonyl (C=O) groups excluding carboxylic acids is 2. The lowest BCUT2D eigenvalue weighted by molar-refractivity contribution is -0.142. The van der Waals surface area contributed by atoms with Crippen LogP contribution in [0.25, 0.3) is 5.69 Å². The molecule has 7 nitrogen and oxygen atoms in total. The summed E-state index contributed by atoms with van der Waals surface area (Å²) in [7, 11) is 0. The Morgan fingerprint density at radius 1 is 1.00 bits per heavy atom. The van der Waals surface area contributed by atoms with Gasteiger partial charge in [-0.1, -0.05) is 51.1 Å². The molecule has 0 saturated carbocycles. The Kier molecular flexibility index (Phi) is 6.74. The van der Waals surface area contributed by atoms with Crippen LogP contribution in [0.1, 0.15) is 39.0 Å². The first kappa shape index (κ1) is 22.1. The zero-order valence-corrected chi connectivity index (χ0v) is 18.3. The third kappa shape index (κ3) is 5.94. The molecule has 2 N–H and O–H groups in total. The Labute approximate surface area is 182 Å². The second-order valence-corrected chi connectivity index (χ2v) is 8.17. The van der Waals surface area contributed by atoms with Gasteiger partial charge in [-0.25, -0.2) is 9.48 Å². The maximum atomic E-state index is 12.6. The largest absolute Gasteiger partial charge is 0.466 e. The van der Waals surface area contributed by atoms with Crippen LogP contribution in [0.3, 0.4) is 0 Å². The van der Waals surface area contributed by atoms with E-state index in [0.717, 1.165) is 16.9 Å². The van der Waals surface area contributed by atoms with Gasteiger partial charge in [0.1, 0.15) is 5.82 Å². The number of hydrogen-bond acceptors (Lipinski definition) is 4. The Hall–Kier alpha value is -3.61. The minimum Gasteiger partial charge on any atom is -0.466 e. The topological polar surface area (TPSA) is 85.2 Å². The van der Waals surface area contributed by atoms with Gasteiger partial charge in [0.2, 0.25) is 0 Å². The number of anilines is 2. The standard InChI is InChI=1S/C24H28N4O3/c1-5-31-22(29)15-17-10-9-13-19(14-17)28-21(16-20(27-28)24(2,3)4)26-23(30)25-18-11-7-6-8-12-18/h6-14,16H,5,15H2,1-4H3,(H2,25,26,30). The lowest BCUT2D eigenvalue weighted by atomic mass is 9.92. The predicted molar refractivity (Wildman–Crippen MR) is 122 cm³/mol. The van der Waals surface area contributed by atoms with Crippen LogP contribution in [0.15, 0.2) is 60.7 Å². The average Bonchev–Trinajstić information content (AvgIpc) is 3.13. The van der Waals surface area contributed by atoms with Gasteiger partial charge in [-0.05, 0) is 36.8 Å². The number of nitrogens with one attached hydrogen (secondary N) is 2. The molecule has 0 unspecified atom stereocenters. The zero-order valence-electron chi connectivity index (χ0n) is 18.3. The first-order valence-electron chi connectivity index (χ1n) is 10.2. The fourth-order valence-corrected chi connectivity index (χ4v) is 3.01. The molecule has 0 aliphatic rings. The van der Waals surface area contributed by atoms with Gasteiger partial charge < -0.3 is 10.1 Å². The van der Waals surface area contributed by atoms with Crippen LogP contribution >= 0.6 is 0 Å². The minimum atomic E-state index is -0.365. The van der Waals surface area contributed by atoms with E-state index >= 15 is 0 Å². The number of aromatic nitrogens is 2. The van der Waals surface area contributed by atoms with Crippen molar-refractivity contribution in [1.29, 1.82) is 0 Å². The van der Waals surface area contributed by atoms with Crippen molar-refractivity contribution in [2.75, 3.05) is 17.2 Å². The third-order valence-corrected chi connectivity index (χ3v) is 4.56. The summed E-state index contributed by atoms with van der Waals surface area (Å²) in [5.74, 6) is 0.253. The van der Waals surface area contributed by atoms with Crippen molar-refractivity contribution < 1.29 is 14.3 Å². The lowest BCUT2D eigenvalue weighted by Gasteiger charge is -2.14. The highest BCUT2D eigenvalue weighted by atomic mass is 16.5. The van der Waals surface area contributed by atoms with Gasteiger partial charge in [0.15, 0.2) is 0 Å². The van der Waals surface area contributed by atoms with E-state index in [4.69, 9.17) is 9.84 Å². The highest BCUT2D eigenvalue weighted by molar-refractivity contribution is 5.99. The number of esters is 1. The van der Waals surface area contributed by atoms with Crippen molar-refractivity contribution in [1.82, 2.24) is 9.78 Å². The Morgan fingerprint density at radius 2 is 1.74 bits per heavy atom. The first-order valence-corrected chi connectivity index (χ1v) is 10.2. The van der Waals surface area contributed by atoms with Gasteiger partial charge in [-0.3, -0.25) is 10.1 Å². The molecular formula is C24H28N4O3. The number of carbonyl (C=O) groups is 2. The van der Waals surface area contributed by atoms with E-state index in [1.54, 1.807) is 11.6 Å². The highest BCUT2D eigenvalue weighted by Crippen LogP contribution is 2.27. The second-order valence-electron chi connectivity index (χ2n) is 8.17. The summed E-state index contributed by atoms with van der Waals surface area (Å²) in [6.45, 7) is 8.31. The summed E-state index contributed by atoms with van der Waals surface area (Å²) in [5, 5.41) is 10.4. The lowest BCUT2D eigenvalue weighted by Crippen LogP contribution is -2.21. The van der Waals surface area contributed by atoms with Crippen molar-refractivity contribution >= 4 is 23.5 Å². The molecule has 2 aromatic carbocycles. The van der Waals surface area contributed by atoms with Crippen molar-refractivity contribution in [3.63, 3.8) is 0 Å². The molecule has 0 spiro atoms. The van der Waals surface area contributed by atoms with Gasteiger partial charge in [0, 0.05) is 17.2 Å². The van der Waals surface area contributed by atoms with Gasteiger partial charge in [-0.15, -0.1) is 0 Å². The number of benzene rings is 2. The normalized spacial score (nSPS) is 11.1. The molecule has 0 atom stereocenters. The Balaban J connectivity index is 1.89. The molecule has 0 radical (unpaired) electrons. The summed E-state index contributed by atoms with van der Waals surface area (Å²) >= 11 is 0. The van der Waals surface area contributed by atoms with Crippen molar-refractivity contribution in [3.05, 3.63) is 71.9 Å². The van der Waals surface area contributed by atoms with Crippen LogP contribution in [0.5, 0.6) is 0 Å². The minimum absolute atomic E-state index is 0.173. The molecule has 0 fully saturated rings. The molecule has 0 aliphatic heterocycles. The number of nitrogens with zero attached hydrogens (tertiary/aromatic N) is 2. The molecule has 1 aromatic heterocycles. The van der Waals surface area contributed by atoms with Crippen LogP contribution in [-0.2, 0) is 21.4 Å². The third-order valence-electron chi connectivity index (χ3n) is 4.56. The molecule has 162 valence electrons. The number of hydrogen-bond donors (Lipinski definition) is 2. The van der Waals surface area contributed by atoms with E-state index in [0.29, 0.717) is 18.1 Å². The van der Waals surface area contributed by atoms with E-state index < -0.39 is 0 Å². The Morgan fingerprint density at radius 3 is 2.42 bits per heavy atom. The summed E-state index contributed by atoms with van der Waals surface area (Å²) in [4.78, 5) is 24.5. The fraction of sp³-hybridized carbons (Fsp3) is 0.292. The summed E-state index contributed by atoms with van der Waals surface area (Å²) in [6, 6.07) is 18.2. The van der Waals surface area contributed by atoms with Gasteiger partial charge in [-0.2, -0.15) is 5.10 Å². The number of urea groups is 1. The molecule has 0 aliphatic carbocycles. The number of ether oxygens (including phenoxy) is 1. The number of amides is 2.